The fraction of sp³-hybridized carbons (Fsp3) is 0.429. The topological polar surface area (TPSA) is 55.4 Å². The summed E-state index contributed by atoms with van der Waals surface area (Å²) in [5, 5.41) is 2.71. The highest BCUT2D eigenvalue weighted by molar-refractivity contribution is 5.68. The van der Waals surface area contributed by atoms with Gasteiger partial charge in [0.15, 0.2) is 0 Å². The summed E-state index contributed by atoms with van der Waals surface area (Å²) in [5.74, 6) is 0. The van der Waals surface area contributed by atoms with Gasteiger partial charge in [0.1, 0.15) is 12.9 Å². The van der Waals surface area contributed by atoms with Gasteiger partial charge >= 0.3 is 6.09 Å². The number of hydrogen-bond acceptors (Lipinski definition) is 3. The highest BCUT2D eigenvalue weighted by Crippen LogP contribution is 2.07. The molecule has 0 aliphatic carbocycles. The van der Waals surface area contributed by atoms with Crippen LogP contribution >= 0.6 is 0 Å². The van der Waals surface area contributed by atoms with Gasteiger partial charge in [0.2, 0.25) is 0 Å². The van der Waals surface area contributed by atoms with E-state index in [0.717, 1.165) is 17.4 Å². The maximum atomic E-state index is 11.5. The number of rotatable bonds is 4. The summed E-state index contributed by atoms with van der Waals surface area (Å²) in [4.78, 5) is 21.9. The van der Waals surface area contributed by atoms with Crippen molar-refractivity contribution in [3.63, 3.8) is 0 Å². The fourth-order valence-corrected chi connectivity index (χ4v) is 1.43. The molecule has 0 saturated carbocycles. The third-order valence-corrected chi connectivity index (χ3v) is 2.16. The molecule has 0 heterocycles. The standard InChI is InChI=1S/C14H19NO3/c1-14(2,3)15-13(17)18-10-12-6-4-5-11(9-12)7-8-16/h4-6,8-9H,7,10H2,1-3H3,(H,15,17). The zero-order chi connectivity index (χ0) is 13.6. The van der Waals surface area contributed by atoms with Gasteiger partial charge in [0.25, 0.3) is 0 Å². The molecule has 0 aromatic heterocycles. The summed E-state index contributed by atoms with van der Waals surface area (Å²) in [7, 11) is 0. The first-order chi connectivity index (χ1) is 8.40. The van der Waals surface area contributed by atoms with Crippen molar-refractivity contribution in [3.8, 4) is 0 Å². The number of nitrogens with one attached hydrogen (secondary N) is 1. The quantitative estimate of drug-likeness (QED) is 0.834. The Hall–Kier alpha value is -1.84. The molecule has 0 spiro atoms. The van der Waals surface area contributed by atoms with Gasteiger partial charge in [-0.3, -0.25) is 0 Å². The molecule has 1 N–H and O–H groups in total. The molecule has 0 unspecified atom stereocenters. The number of amides is 1. The van der Waals surface area contributed by atoms with Crippen molar-refractivity contribution in [2.75, 3.05) is 0 Å². The van der Waals surface area contributed by atoms with Crippen LogP contribution in [0.15, 0.2) is 24.3 Å². The Labute approximate surface area is 107 Å². The van der Waals surface area contributed by atoms with Gasteiger partial charge in [-0.25, -0.2) is 4.79 Å². The first-order valence-electron chi connectivity index (χ1n) is 5.87. The van der Waals surface area contributed by atoms with Gasteiger partial charge in [0.05, 0.1) is 0 Å². The Morgan fingerprint density at radius 2 is 2.00 bits per heavy atom. The Morgan fingerprint density at radius 1 is 1.33 bits per heavy atom. The fourth-order valence-electron chi connectivity index (χ4n) is 1.43. The van der Waals surface area contributed by atoms with Crippen LogP contribution in [-0.4, -0.2) is 17.9 Å². The van der Waals surface area contributed by atoms with Crippen molar-refractivity contribution in [1.82, 2.24) is 5.32 Å². The van der Waals surface area contributed by atoms with Crippen LogP contribution in [0.2, 0.25) is 0 Å². The summed E-state index contributed by atoms with van der Waals surface area (Å²) in [6, 6.07) is 7.43. The van der Waals surface area contributed by atoms with E-state index in [1.807, 2.05) is 45.0 Å². The van der Waals surface area contributed by atoms with E-state index in [1.165, 1.54) is 0 Å². The van der Waals surface area contributed by atoms with Crippen molar-refractivity contribution in [2.24, 2.45) is 0 Å². The van der Waals surface area contributed by atoms with Gasteiger partial charge < -0.3 is 14.8 Å². The molecular weight excluding hydrogens is 230 g/mol. The average Bonchev–Trinajstić information content (AvgIpc) is 2.25. The van der Waals surface area contributed by atoms with Crippen LogP contribution in [0.25, 0.3) is 0 Å². The maximum Gasteiger partial charge on any atom is 0.407 e. The molecule has 1 aromatic rings. The normalized spacial score (nSPS) is 10.8. The molecule has 1 rings (SSSR count). The highest BCUT2D eigenvalue weighted by atomic mass is 16.5. The maximum absolute atomic E-state index is 11.5. The van der Waals surface area contributed by atoms with Crippen LogP contribution in [0.4, 0.5) is 4.79 Å². The molecule has 0 saturated heterocycles. The van der Waals surface area contributed by atoms with Gasteiger partial charge in [-0.1, -0.05) is 24.3 Å². The van der Waals surface area contributed by atoms with E-state index in [1.54, 1.807) is 0 Å². The molecule has 1 aromatic carbocycles. The predicted molar refractivity (Wildman–Crippen MR) is 69.3 cm³/mol. The number of benzene rings is 1. The molecule has 98 valence electrons. The molecule has 0 aliphatic heterocycles. The number of carbonyl (C=O) groups is 2. The van der Waals surface area contributed by atoms with Crippen LogP contribution in [0.1, 0.15) is 31.9 Å². The van der Waals surface area contributed by atoms with Gasteiger partial charge in [-0.2, -0.15) is 0 Å². The van der Waals surface area contributed by atoms with Crippen molar-refractivity contribution < 1.29 is 14.3 Å². The molecule has 0 radical (unpaired) electrons. The number of ether oxygens (including phenoxy) is 1. The lowest BCUT2D eigenvalue weighted by Gasteiger charge is -2.20. The molecule has 4 heteroatoms. The van der Waals surface area contributed by atoms with Crippen LogP contribution < -0.4 is 5.32 Å². The van der Waals surface area contributed by atoms with E-state index in [2.05, 4.69) is 5.32 Å². The Morgan fingerprint density at radius 3 is 2.61 bits per heavy atom. The van der Waals surface area contributed by atoms with Crippen molar-refractivity contribution >= 4 is 12.4 Å². The number of carbonyl (C=O) groups excluding carboxylic acids is 2. The van der Waals surface area contributed by atoms with E-state index in [-0.39, 0.29) is 12.1 Å². The second kappa shape index (κ2) is 6.19. The van der Waals surface area contributed by atoms with E-state index < -0.39 is 6.09 Å². The summed E-state index contributed by atoms with van der Waals surface area (Å²) >= 11 is 0. The lowest BCUT2D eigenvalue weighted by atomic mass is 10.1. The summed E-state index contributed by atoms with van der Waals surface area (Å²) in [5.41, 5.74) is 1.48. The predicted octanol–water partition coefficient (Wildman–Crippen LogP) is 2.45. The first-order valence-corrected chi connectivity index (χ1v) is 5.87. The minimum Gasteiger partial charge on any atom is -0.445 e. The van der Waals surface area contributed by atoms with Crippen molar-refractivity contribution in [1.29, 1.82) is 0 Å². The number of aldehydes is 1. The number of alkyl carbamates (subject to hydrolysis) is 1. The molecular formula is C14H19NO3. The van der Waals surface area contributed by atoms with Crippen molar-refractivity contribution in [2.45, 2.75) is 39.3 Å². The Kier molecular flexibility index (Phi) is 4.89. The average molecular weight is 249 g/mol. The summed E-state index contributed by atoms with van der Waals surface area (Å²) in [6.45, 7) is 5.87. The summed E-state index contributed by atoms with van der Waals surface area (Å²) in [6.07, 6.45) is 0.789. The van der Waals surface area contributed by atoms with Gasteiger partial charge in [-0.15, -0.1) is 0 Å². The van der Waals surface area contributed by atoms with Crippen LogP contribution in [-0.2, 0) is 22.6 Å². The van der Waals surface area contributed by atoms with Crippen molar-refractivity contribution in [3.05, 3.63) is 35.4 Å². The SMILES string of the molecule is CC(C)(C)NC(=O)OCc1cccc(CC=O)c1. The largest absolute Gasteiger partial charge is 0.445 e. The second-order valence-corrected chi connectivity index (χ2v) is 5.14. The Balaban J connectivity index is 2.50. The minimum absolute atomic E-state index is 0.203. The highest BCUT2D eigenvalue weighted by Gasteiger charge is 2.14. The number of hydrogen-bond donors (Lipinski definition) is 1. The van der Waals surface area contributed by atoms with Crippen LogP contribution in [0.3, 0.4) is 0 Å². The van der Waals surface area contributed by atoms with Crippen LogP contribution in [0.5, 0.6) is 0 Å². The van der Waals surface area contributed by atoms with Crippen LogP contribution in [0, 0.1) is 0 Å². The van der Waals surface area contributed by atoms with Gasteiger partial charge in [-0.05, 0) is 31.9 Å². The third-order valence-electron chi connectivity index (χ3n) is 2.16. The molecule has 0 aliphatic rings. The minimum atomic E-state index is -0.441. The third kappa shape index (κ3) is 5.48. The van der Waals surface area contributed by atoms with E-state index >= 15 is 0 Å². The molecule has 1 amide bonds. The molecule has 18 heavy (non-hydrogen) atoms. The van der Waals surface area contributed by atoms with Gasteiger partial charge in [0, 0.05) is 12.0 Å². The summed E-state index contributed by atoms with van der Waals surface area (Å²) < 4.78 is 5.10. The first kappa shape index (κ1) is 14.2. The molecule has 4 nitrogen and oxygen atoms in total. The zero-order valence-corrected chi connectivity index (χ0v) is 11.0. The van der Waals surface area contributed by atoms with E-state index in [4.69, 9.17) is 4.74 Å². The lowest BCUT2D eigenvalue weighted by molar-refractivity contribution is -0.107. The lowest BCUT2D eigenvalue weighted by Crippen LogP contribution is -2.40. The van der Waals surface area contributed by atoms with E-state index in [9.17, 15) is 9.59 Å². The van der Waals surface area contributed by atoms with E-state index in [0.29, 0.717) is 6.42 Å². The smallest absolute Gasteiger partial charge is 0.407 e. The molecule has 0 fully saturated rings. The second-order valence-electron chi connectivity index (χ2n) is 5.14. The monoisotopic (exact) mass is 249 g/mol. The molecule has 0 bridgehead atoms. The zero-order valence-electron chi connectivity index (χ0n) is 11.0. The Bertz CT molecular complexity index is 421. The molecule has 0 atom stereocenters.